The molecule has 1 aromatic rings. The van der Waals surface area contributed by atoms with E-state index in [9.17, 15) is 20.2 Å². The van der Waals surface area contributed by atoms with Crippen molar-refractivity contribution < 1.29 is 14.6 Å². The number of benzene rings is 1. The van der Waals surface area contributed by atoms with Crippen LogP contribution in [0.3, 0.4) is 0 Å². The molecule has 0 atom stereocenters. The maximum atomic E-state index is 10.7. The van der Waals surface area contributed by atoms with Gasteiger partial charge in [0.05, 0.1) is 29.1 Å². The standard InChI is InChI=1S/C7H5ClN2O5S/c1-15-6-3-4(9(11)12)2-5(10(13)14)7(6)16-8/h2-3H,1H3. The second-order valence-electron chi connectivity index (χ2n) is 2.59. The van der Waals surface area contributed by atoms with Crippen molar-refractivity contribution in [3.8, 4) is 5.75 Å². The first kappa shape index (κ1) is 12.5. The summed E-state index contributed by atoms with van der Waals surface area (Å²) >= 11 is 0. The minimum absolute atomic E-state index is 0.000833. The van der Waals surface area contributed by atoms with Gasteiger partial charge in [-0.15, -0.1) is 0 Å². The first-order chi connectivity index (χ1) is 7.51. The van der Waals surface area contributed by atoms with E-state index < -0.39 is 21.2 Å². The van der Waals surface area contributed by atoms with Crippen molar-refractivity contribution in [3.63, 3.8) is 0 Å². The number of hydrogen-bond donors (Lipinski definition) is 0. The fourth-order valence-electron chi connectivity index (χ4n) is 1.04. The van der Waals surface area contributed by atoms with Crippen LogP contribution in [0, 0.1) is 20.2 Å². The van der Waals surface area contributed by atoms with Crippen LogP contribution in [0.25, 0.3) is 0 Å². The lowest BCUT2D eigenvalue weighted by molar-refractivity contribution is -0.396. The molecule has 1 aromatic carbocycles. The number of ether oxygens (including phenoxy) is 1. The summed E-state index contributed by atoms with van der Waals surface area (Å²) in [6, 6.07) is 1.92. The Labute approximate surface area is 98.1 Å². The molecule has 0 fully saturated rings. The molecule has 0 spiro atoms. The molecule has 7 nitrogen and oxygen atoms in total. The van der Waals surface area contributed by atoms with E-state index in [1.807, 2.05) is 0 Å². The molecule has 0 heterocycles. The molecule has 0 bridgehead atoms. The SMILES string of the molecule is COc1cc([N+](=O)[O-])cc([N+](=O)[O-])c1SCl. The molecule has 0 aromatic heterocycles. The molecule has 0 saturated heterocycles. The van der Waals surface area contributed by atoms with Gasteiger partial charge in [0.2, 0.25) is 0 Å². The van der Waals surface area contributed by atoms with Gasteiger partial charge in [-0.25, -0.2) is 0 Å². The molecule has 9 heteroatoms. The lowest BCUT2D eigenvalue weighted by atomic mass is 10.2. The topological polar surface area (TPSA) is 95.5 Å². The smallest absolute Gasteiger partial charge is 0.294 e. The Balaban J connectivity index is 3.49. The Morgan fingerprint density at radius 2 is 1.94 bits per heavy atom. The van der Waals surface area contributed by atoms with Crippen molar-refractivity contribution in [1.29, 1.82) is 0 Å². The van der Waals surface area contributed by atoms with Gasteiger partial charge in [0, 0.05) is 0 Å². The number of nitro groups is 2. The third kappa shape index (κ3) is 2.34. The lowest BCUT2D eigenvalue weighted by Crippen LogP contribution is -1.97. The number of non-ortho nitro benzene ring substituents is 1. The third-order valence-corrected chi connectivity index (χ3v) is 2.75. The molecule has 0 amide bonds. The second-order valence-corrected chi connectivity index (χ2v) is 3.61. The predicted molar refractivity (Wildman–Crippen MR) is 58.0 cm³/mol. The number of rotatable bonds is 4. The van der Waals surface area contributed by atoms with Crippen LogP contribution in [0.2, 0.25) is 0 Å². The van der Waals surface area contributed by atoms with E-state index in [0.29, 0.717) is 11.0 Å². The molecular formula is C7H5ClN2O5S. The van der Waals surface area contributed by atoms with Gasteiger partial charge >= 0.3 is 0 Å². The summed E-state index contributed by atoms with van der Waals surface area (Å²) < 4.78 is 4.80. The fraction of sp³-hybridized carbons (Fsp3) is 0.143. The van der Waals surface area contributed by atoms with Crippen LogP contribution in [0.5, 0.6) is 5.75 Å². The van der Waals surface area contributed by atoms with Crippen molar-refractivity contribution >= 4 is 33.0 Å². The summed E-state index contributed by atoms with van der Waals surface area (Å²) in [6.07, 6.45) is 0. The number of nitro benzene ring substituents is 2. The maximum Gasteiger partial charge on any atom is 0.294 e. The summed E-state index contributed by atoms with van der Waals surface area (Å²) in [4.78, 5) is 19.8. The molecule has 1 rings (SSSR count). The zero-order valence-electron chi connectivity index (χ0n) is 7.88. The van der Waals surface area contributed by atoms with Crippen LogP contribution in [-0.4, -0.2) is 17.0 Å². The number of nitrogens with zero attached hydrogens (tertiary/aromatic N) is 2. The van der Waals surface area contributed by atoms with Crippen molar-refractivity contribution in [2.24, 2.45) is 0 Å². The lowest BCUT2D eigenvalue weighted by Gasteiger charge is -2.05. The second kappa shape index (κ2) is 4.99. The van der Waals surface area contributed by atoms with Gasteiger partial charge in [-0.3, -0.25) is 20.2 Å². The molecule has 0 aliphatic heterocycles. The first-order valence-corrected chi connectivity index (χ1v) is 5.45. The maximum absolute atomic E-state index is 10.7. The summed E-state index contributed by atoms with van der Waals surface area (Å²) in [6.45, 7) is 0. The highest BCUT2D eigenvalue weighted by Crippen LogP contribution is 2.42. The highest BCUT2D eigenvalue weighted by molar-refractivity contribution is 8.21. The van der Waals surface area contributed by atoms with Gasteiger partial charge in [0.15, 0.2) is 0 Å². The predicted octanol–water partition coefficient (Wildman–Crippen LogP) is 2.76. The van der Waals surface area contributed by atoms with E-state index in [-0.39, 0.29) is 10.6 Å². The van der Waals surface area contributed by atoms with E-state index in [1.54, 1.807) is 0 Å². The molecule has 86 valence electrons. The van der Waals surface area contributed by atoms with Crippen LogP contribution in [0.15, 0.2) is 17.0 Å². The summed E-state index contributed by atoms with van der Waals surface area (Å²) in [5.41, 5.74) is -0.871. The van der Waals surface area contributed by atoms with E-state index in [2.05, 4.69) is 0 Å². The van der Waals surface area contributed by atoms with E-state index >= 15 is 0 Å². The van der Waals surface area contributed by atoms with Crippen LogP contribution < -0.4 is 4.74 Å². The molecule has 0 radical (unpaired) electrons. The minimum Gasteiger partial charge on any atom is -0.495 e. The van der Waals surface area contributed by atoms with Gasteiger partial charge in [0.25, 0.3) is 11.4 Å². The summed E-state index contributed by atoms with van der Waals surface area (Å²) in [5, 5.41) is 21.2. The normalized spacial score (nSPS) is 9.88. The monoisotopic (exact) mass is 264 g/mol. The van der Waals surface area contributed by atoms with E-state index in [0.717, 1.165) is 12.1 Å². The molecule has 0 saturated carbocycles. The number of halogens is 1. The van der Waals surface area contributed by atoms with Crippen molar-refractivity contribution in [2.75, 3.05) is 7.11 Å². The van der Waals surface area contributed by atoms with Crippen LogP contribution in [-0.2, 0) is 0 Å². The van der Waals surface area contributed by atoms with E-state index in [1.165, 1.54) is 7.11 Å². The highest BCUT2D eigenvalue weighted by Gasteiger charge is 2.24. The average Bonchev–Trinajstić information content (AvgIpc) is 2.26. The first-order valence-electron chi connectivity index (χ1n) is 3.80. The molecular weight excluding hydrogens is 260 g/mol. The molecule has 0 N–H and O–H groups in total. The quantitative estimate of drug-likeness (QED) is 0.613. The highest BCUT2D eigenvalue weighted by atomic mass is 35.7. The zero-order chi connectivity index (χ0) is 12.3. The van der Waals surface area contributed by atoms with Gasteiger partial charge in [-0.1, -0.05) is 0 Å². The van der Waals surface area contributed by atoms with E-state index in [4.69, 9.17) is 15.4 Å². The van der Waals surface area contributed by atoms with Gasteiger partial charge in [-0.2, -0.15) is 0 Å². The summed E-state index contributed by atoms with van der Waals surface area (Å²) in [7, 11) is 7.28. The van der Waals surface area contributed by atoms with Gasteiger partial charge in [0.1, 0.15) is 10.6 Å². The van der Waals surface area contributed by atoms with Gasteiger partial charge < -0.3 is 4.74 Å². The average molecular weight is 265 g/mol. The fourth-order valence-corrected chi connectivity index (χ4v) is 1.94. The van der Waals surface area contributed by atoms with Crippen LogP contribution in [0.1, 0.15) is 0 Å². The minimum atomic E-state index is -0.750. The van der Waals surface area contributed by atoms with Crippen molar-refractivity contribution in [1.82, 2.24) is 0 Å². The molecule has 0 aliphatic rings. The Morgan fingerprint density at radius 3 is 2.31 bits per heavy atom. The Morgan fingerprint density at radius 1 is 1.31 bits per heavy atom. The Kier molecular flexibility index (Phi) is 3.91. The Bertz CT molecular complexity index is 453. The van der Waals surface area contributed by atoms with Crippen molar-refractivity contribution in [3.05, 3.63) is 32.4 Å². The third-order valence-electron chi connectivity index (χ3n) is 1.72. The van der Waals surface area contributed by atoms with Crippen LogP contribution in [0.4, 0.5) is 11.4 Å². The zero-order valence-corrected chi connectivity index (χ0v) is 9.45. The van der Waals surface area contributed by atoms with Crippen molar-refractivity contribution in [2.45, 2.75) is 4.90 Å². The van der Waals surface area contributed by atoms with Crippen LogP contribution >= 0.6 is 21.7 Å². The molecule has 0 aliphatic carbocycles. The Hall–Kier alpha value is -1.54. The molecule has 0 unspecified atom stereocenters. The molecule has 16 heavy (non-hydrogen) atoms. The number of methoxy groups -OCH3 is 1. The van der Waals surface area contributed by atoms with Gasteiger partial charge in [-0.05, 0) is 21.7 Å². The largest absolute Gasteiger partial charge is 0.495 e. The summed E-state index contributed by atoms with van der Waals surface area (Å²) in [5.74, 6) is 0.000833. The number of hydrogen-bond acceptors (Lipinski definition) is 6.